The molecule has 3 rings (SSSR count). The number of morpholine rings is 1. The Hall–Kier alpha value is -1.72. The van der Waals surface area contributed by atoms with Crippen molar-refractivity contribution in [2.24, 2.45) is 0 Å². The van der Waals surface area contributed by atoms with Gasteiger partial charge in [-0.1, -0.05) is 43.3 Å². The Morgan fingerprint density at radius 3 is 2.76 bits per heavy atom. The number of nitrogens with one attached hydrogen (secondary N) is 1. The van der Waals surface area contributed by atoms with Crippen molar-refractivity contribution in [2.45, 2.75) is 32.2 Å². The van der Waals surface area contributed by atoms with E-state index in [4.69, 9.17) is 9.26 Å². The summed E-state index contributed by atoms with van der Waals surface area (Å²) in [7, 11) is 0. The van der Waals surface area contributed by atoms with E-state index in [1.807, 2.05) is 12.1 Å². The number of hydrogen-bond donors (Lipinski definition) is 1. The Labute approximate surface area is 124 Å². The molecule has 0 aliphatic carbocycles. The van der Waals surface area contributed by atoms with Gasteiger partial charge in [0.2, 0.25) is 11.7 Å². The molecule has 2 heterocycles. The zero-order valence-electron chi connectivity index (χ0n) is 12.5. The lowest BCUT2D eigenvalue weighted by Crippen LogP contribution is -2.42. The summed E-state index contributed by atoms with van der Waals surface area (Å²) in [4.78, 5) is 4.48. The second kappa shape index (κ2) is 6.37. The standard InChI is InChI=1S/C16H21N3O2/c1-11(2)12-3-5-13(6-4-12)16-18-15(21-19-16)9-14-10-20-8-7-17-14/h3-6,11,14,17H,7-10H2,1-2H3. The second-order valence-corrected chi connectivity index (χ2v) is 5.72. The van der Waals surface area contributed by atoms with Crippen molar-refractivity contribution in [1.82, 2.24) is 15.5 Å². The van der Waals surface area contributed by atoms with Crippen molar-refractivity contribution < 1.29 is 9.26 Å². The normalized spacial score (nSPS) is 19.1. The summed E-state index contributed by atoms with van der Waals surface area (Å²) in [5.74, 6) is 1.83. The van der Waals surface area contributed by atoms with E-state index in [2.05, 4.69) is 41.4 Å². The molecule has 1 aliphatic rings. The van der Waals surface area contributed by atoms with E-state index in [1.165, 1.54) is 5.56 Å². The Morgan fingerprint density at radius 2 is 2.10 bits per heavy atom. The van der Waals surface area contributed by atoms with Crippen LogP contribution in [-0.2, 0) is 11.2 Å². The van der Waals surface area contributed by atoms with Crippen molar-refractivity contribution in [1.29, 1.82) is 0 Å². The van der Waals surface area contributed by atoms with Gasteiger partial charge < -0.3 is 14.6 Å². The maximum atomic E-state index is 5.43. The summed E-state index contributed by atoms with van der Waals surface area (Å²) >= 11 is 0. The third-order valence-electron chi connectivity index (χ3n) is 3.72. The number of aromatic nitrogens is 2. The molecule has 112 valence electrons. The van der Waals surface area contributed by atoms with E-state index in [0.717, 1.165) is 18.7 Å². The predicted molar refractivity (Wildman–Crippen MR) is 80.1 cm³/mol. The Bertz CT molecular complexity index is 571. The molecular weight excluding hydrogens is 266 g/mol. The van der Waals surface area contributed by atoms with Crippen LogP contribution in [0.2, 0.25) is 0 Å². The van der Waals surface area contributed by atoms with Gasteiger partial charge in [-0.25, -0.2) is 0 Å². The molecule has 1 fully saturated rings. The quantitative estimate of drug-likeness (QED) is 0.935. The minimum absolute atomic E-state index is 0.260. The lowest BCUT2D eigenvalue weighted by Gasteiger charge is -2.22. The molecule has 21 heavy (non-hydrogen) atoms. The van der Waals surface area contributed by atoms with Crippen LogP contribution in [0.3, 0.4) is 0 Å². The molecule has 1 aromatic heterocycles. The summed E-state index contributed by atoms with van der Waals surface area (Å²) in [6, 6.07) is 8.59. The van der Waals surface area contributed by atoms with Gasteiger partial charge in [0.25, 0.3) is 0 Å². The van der Waals surface area contributed by atoms with Crippen molar-refractivity contribution in [3.05, 3.63) is 35.7 Å². The van der Waals surface area contributed by atoms with Gasteiger partial charge in [0.1, 0.15) is 0 Å². The molecule has 1 aromatic carbocycles. The van der Waals surface area contributed by atoms with Gasteiger partial charge in [-0.15, -0.1) is 0 Å². The zero-order valence-corrected chi connectivity index (χ0v) is 12.5. The van der Waals surface area contributed by atoms with Gasteiger partial charge in [0, 0.05) is 24.6 Å². The fourth-order valence-electron chi connectivity index (χ4n) is 2.43. The Balaban J connectivity index is 1.69. The predicted octanol–water partition coefficient (Wildman–Crippen LogP) is 2.39. The van der Waals surface area contributed by atoms with Gasteiger partial charge in [-0.3, -0.25) is 0 Å². The lowest BCUT2D eigenvalue weighted by molar-refractivity contribution is 0.0744. The summed E-state index contributed by atoms with van der Waals surface area (Å²) in [6.45, 7) is 6.71. The maximum absolute atomic E-state index is 5.43. The smallest absolute Gasteiger partial charge is 0.228 e. The number of nitrogens with zero attached hydrogens (tertiary/aromatic N) is 2. The average Bonchev–Trinajstić information content (AvgIpc) is 2.97. The number of benzene rings is 1. The van der Waals surface area contributed by atoms with E-state index in [9.17, 15) is 0 Å². The van der Waals surface area contributed by atoms with Crippen LogP contribution < -0.4 is 5.32 Å². The average molecular weight is 287 g/mol. The van der Waals surface area contributed by atoms with E-state index in [0.29, 0.717) is 30.7 Å². The first kappa shape index (κ1) is 14.2. The van der Waals surface area contributed by atoms with E-state index >= 15 is 0 Å². The number of rotatable bonds is 4. The van der Waals surface area contributed by atoms with Gasteiger partial charge in [0.05, 0.1) is 13.2 Å². The summed E-state index contributed by atoms with van der Waals surface area (Å²) in [5, 5.41) is 7.46. The van der Waals surface area contributed by atoms with Crippen molar-refractivity contribution in [2.75, 3.05) is 19.8 Å². The van der Waals surface area contributed by atoms with Gasteiger partial charge in [-0.05, 0) is 11.5 Å². The largest absolute Gasteiger partial charge is 0.378 e. The molecule has 1 saturated heterocycles. The van der Waals surface area contributed by atoms with Crippen LogP contribution in [0.15, 0.2) is 28.8 Å². The molecule has 0 spiro atoms. The minimum atomic E-state index is 0.260. The summed E-state index contributed by atoms with van der Waals surface area (Å²) in [6.07, 6.45) is 0.705. The van der Waals surface area contributed by atoms with Crippen LogP contribution >= 0.6 is 0 Å². The van der Waals surface area contributed by atoms with Crippen molar-refractivity contribution >= 4 is 0 Å². The van der Waals surface area contributed by atoms with Crippen LogP contribution in [0.1, 0.15) is 31.2 Å². The monoisotopic (exact) mass is 287 g/mol. The van der Waals surface area contributed by atoms with E-state index in [1.54, 1.807) is 0 Å². The van der Waals surface area contributed by atoms with Gasteiger partial charge in [0.15, 0.2) is 0 Å². The van der Waals surface area contributed by atoms with Gasteiger partial charge >= 0.3 is 0 Å². The molecule has 2 aromatic rings. The van der Waals surface area contributed by atoms with Crippen molar-refractivity contribution in [3.8, 4) is 11.4 Å². The summed E-state index contributed by atoms with van der Waals surface area (Å²) < 4.78 is 10.8. The van der Waals surface area contributed by atoms with E-state index in [-0.39, 0.29) is 6.04 Å². The SMILES string of the molecule is CC(C)c1ccc(-c2noc(CC3COCCN3)n2)cc1. The molecule has 5 heteroatoms. The molecular formula is C16H21N3O2. The second-order valence-electron chi connectivity index (χ2n) is 5.72. The van der Waals surface area contributed by atoms with Crippen LogP contribution in [0, 0.1) is 0 Å². The highest BCUT2D eigenvalue weighted by molar-refractivity contribution is 5.54. The minimum Gasteiger partial charge on any atom is -0.378 e. The maximum Gasteiger partial charge on any atom is 0.228 e. The first-order valence-electron chi connectivity index (χ1n) is 7.46. The molecule has 0 bridgehead atoms. The van der Waals surface area contributed by atoms with Crippen LogP contribution in [0.4, 0.5) is 0 Å². The molecule has 0 radical (unpaired) electrons. The first-order chi connectivity index (χ1) is 10.2. The highest BCUT2D eigenvalue weighted by atomic mass is 16.5. The third kappa shape index (κ3) is 3.49. The highest BCUT2D eigenvalue weighted by Crippen LogP contribution is 2.20. The fourth-order valence-corrected chi connectivity index (χ4v) is 2.43. The molecule has 1 N–H and O–H groups in total. The first-order valence-corrected chi connectivity index (χ1v) is 7.46. The van der Waals surface area contributed by atoms with E-state index < -0.39 is 0 Å². The Morgan fingerprint density at radius 1 is 1.29 bits per heavy atom. The molecule has 1 unspecified atom stereocenters. The highest BCUT2D eigenvalue weighted by Gasteiger charge is 2.17. The molecule has 5 nitrogen and oxygen atoms in total. The van der Waals surface area contributed by atoms with Gasteiger partial charge in [-0.2, -0.15) is 4.98 Å². The topological polar surface area (TPSA) is 60.2 Å². The number of ether oxygens (including phenoxy) is 1. The molecule has 1 aliphatic heterocycles. The fraction of sp³-hybridized carbons (Fsp3) is 0.500. The Kier molecular flexibility index (Phi) is 4.31. The van der Waals surface area contributed by atoms with Crippen molar-refractivity contribution in [3.63, 3.8) is 0 Å². The van der Waals surface area contributed by atoms with Crippen LogP contribution in [-0.4, -0.2) is 35.9 Å². The third-order valence-corrected chi connectivity index (χ3v) is 3.72. The zero-order chi connectivity index (χ0) is 14.7. The molecule has 0 saturated carbocycles. The lowest BCUT2D eigenvalue weighted by atomic mass is 10.0. The molecule has 1 atom stereocenters. The number of hydrogen-bond acceptors (Lipinski definition) is 5. The van der Waals surface area contributed by atoms with Crippen LogP contribution in [0.25, 0.3) is 11.4 Å². The molecule has 0 amide bonds. The summed E-state index contributed by atoms with van der Waals surface area (Å²) in [5.41, 5.74) is 2.30. The van der Waals surface area contributed by atoms with Crippen LogP contribution in [0.5, 0.6) is 0 Å².